The van der Waals surface area contributed by atoms with Gasteiger partial charge in [0.1, 0.15) is 5.76 Å². The summed E-state index contributed by atoms with van der Waals surface area (Å²) in [6.07, 6.45) is 3.16. The molecule has 0 saturated heterocycles. The summed E-state index contributed by atoms with van der Waals surface area (Å²) in [6.45, 7) is 5.22. The second-order valence-electron chi connectivity index (χ2n) is 5.10. The molecule has 9 heteroatoms. The van der Waals surface area contributed by atoms with Gasteiger partial charge in [0.2, 0.25) is 5.89 Å². The number of halogens is 1. The molecule has 2 rings (SSSR count). The zero-order chi connectivity index (χ0) is 17.4. The Morgan fingerprint density at radius 3 is 2.60 bits per heavy atom. The summed E-state index contributed by atoms with van der Waals surface area (Å²) < 4.78 is 5.50. The van der Waals surface area contributed by atoms with Crippen LogP contribution in [0.5, 0.6) is 0 Å². The number of amides is 1. The van der Waals surface area contributed by atoms with Crippen molar-refractivity contribution in [2.24, 2.45) is 4.99 Å². The van der Waals surface area contributed by atoms with Crippen LogP contribution in [0.3, 0.4) is 0 Å². The molecule has 2 aromatic rings. The van der Waals surface area contributed by atoms with Crippen molar-refractivity contribution in [3.8, 4) is 0 Å². The van der Waals surface area contributed by atoms with Gasteiger partial charge in [0.15, 0.2) is 5.96 Å². The number of aliphatic imine (C=N–C) groups is 1. The van der Waals surface area contributed by atoms with Gasteiger partial charge in [-0.25, -0.2) is 4.98 Å². The summed E-state index contributed by atoms with van der Waals surface area (Å²) in [4.78, 5) is 24.2. The van der Waals surface area contributed by atoms with Crippen LogP contribution in [0, 0.1) is 13.8 Å². The van der Waals surface area contributed by atoms with Crippen molar-refractivity contribution in [2.75, 3.05) is 20.1 Å². The van der Waals surface area contributed by atoms with Crippen LogP contribution in [0.4, 0.5) is 0 Å². The van der Waals surface area contributed by atoms with Crippen LogP contribution in [-0.2, 0) is 6.54 Å². The molecule has 25 heavy (non-hydrogen) atoms. The topological polar surface area (TPSA) is 104 Å². The highest BCUT2D eigenvalue weighted by Crippen LogP contribution is 2.07. The predicted molar refractivity (Wildman–Crippen MR) is 106 cm³/mol. The van der Waals surface area contributed by atoms with Gasteiger partial charge in [-0.3, -0.25) is 14.8 Å². The SMILES string of the molecule is CN=C(NCCNC(=O)c1cccnc1)NCc1nc(C)c(C)o1.I. The first-order valence-corrected chi connectivity index (χ1v) is 7.66. The minimum atomic E-state index is -0.154. The van der Waals surface area contributed by atoms with Gasteiger partial charge in [0.25, 0.3) is 5.91 Å². The predicted octanol–water partition coefficient (Wildman–Crippen LogP) is 1.40. The average molecular weight is 458 g/mol. The van der Waals surface area contributed by atoms with Crippen molar-refractivity contribution in [1.82, 2.24) is 25.9 Å². The van der Waals surface area contributed by atoms with Crippen LogP contribution >= 0.6 is 24.0 Å². The molecule has 0 radical (unpaired) electrons. The molecule has 8 nitrogen and oxygen atoms in total. The number of pyridine rings is 1. The third-order valence-corrected chi connectivity index (χ3v) is 3.33. The zero-order valence-corrected chi connectivity index (χ0v) is 16.8. The van der Waals surface area contributed by atoms with E-state index in [9.17, 15) is 4.79 Å². The highest BCUT2D eigenvalue weighted by Gasteiger charge is 2.07. The van der Waals surface area contributed by atoms with E-state index in [-0.39, 0.29) is 29.9 Å². The fourth-order valence-electron chi connectivity index (χ4n) is 1.95. The first-order chi connectivity index (χ1) is 11.6. The molecule has 2 aromatic heterocycles. The van der Waals surface area contributed by atoms with Gasteiger partial charge in [0, 0.05) is 32.5 Å². The lowest BCUT2D eigenvalue weighted by Gasteiger charge is -2.11. The van der Waals surface area contributed by atoms with Gasteiger partial charge in [-0.05, 0) is 26.0 Å². The Morgan fingerprint density at radius 2 is 2.00 bits per heavy atom. The first-order valence-electron chi connectivity index (χ1n) is 7.66. The van der Waals surface area contributed by atoms with Gasteiger partial charge in [0.05, 0.1) is 17.8 Å². The fraction of sp³-hybridized carbons (Fsp3) is 0.375. The molecule has 0 aliphatic heterocycles. The maximum atomic E-state index is 11.9. The number of aromatic nitrogens is 2. The number of nitrogens with zero attached hydrogens (tertiary/aromatic N) is 3. The van der Waals surface area contributed by atoms with E-state index in [0.717, 1.165) is 11.5 Å². The normalized spacial score (nSPS) is 10.8. The molecule has 0 saturated carbocycles. The molecule has 3 N–H and O–H groups in total. The monoisotopic (exact) mass is 458 g/mol. The largest absolute Gasteiger partial charge is 0.444 e. The molecule has 0 spiro atoms. The Labute approximate surface area is 163 Å². The van der Waals surface area contributed by atoms with Crippen LogP contribution in [0.1, 0.15) is 27.7 Å². The summed E-state index contributed by atoms with van der Waals surface area (Å²) in [5.74, 6) is 1.88. The highest BCUT2D eigenvalue weighted by atomic mass is 127. The molecule has 0 fully saturated rings. The van der Waals surface area contributed by atoms with Crippen molar-refractivity contribution in [3.63, 3.8) is 0 Å². The standard InChI is InChI=1S/C16H22N6O2.HI/c1-11-12(2)24-14(22-11)10-21-16(17-3)20-8-7-19-15(23)13-5-4-6-18-9-13;/h4-6,9H,7-8,10H2,1-3H3,(H,19,23)(H2,17,20,21);1H. The molecule has 0 bridgehead atoms. The maximum absolute atomic E-state index is 11.9. The van der Waals surface area contributed by atoms with Gasteiger partial charge in [-0.15, -0.1) is 24.0 Å². The van der Waals surface area contributed by atoms with E-state index >= 15 is 0 Å². The minimum Gasteiger partial charge on any atom is -0.444 e. The number of aryl methyl sites for hydroxylation is 2. The molecular formula is C16H23IN6O2. The van der Waals surface area contributed by atoms with Crippen molar-refractivity contribution >= 4 is 35.8 Å². The van der Waals surface area contributed by atoms with E-state index in [4.69, 9.17) is 4.42 Å². The molecule has 0 atom stereocenters. The maximum Gasteiger partial charge on any atom is 0.252 e. The number of guanidine groups is 1. The lowest BCUT2D eigenvalue weighted by molar-refractivity contribution is 0.0954. The van der Waals surface area contributed by atoms with Crippen molar-refractivity contribution < 1.29 is 9.21 Å². The Morgan fingerprint density at radius 1 is 1.24 bits per heavy atom. The van der Waals surface area contributed by atoms with Crippen LogP contribution in [-0.4, -0.2) is 42.0 Å². The van der Waals surface area contributed by atoms with E-state index in [2.05, 4.69) is 30.9 Å². The first kappa shape index (κ1) is 20.9. The van der Waals surface area contributed by atoms with E-state index < -0.39 is 0 Å². The molecule has 0 aliphatic carbocycles. The lowest BCUT2D eigenvalue weighted by Crippen LogP contribution is -2.41. The van der Waals surface area contributed by atoms with Gasteiger partial charge < -0.3 is 20.4 Å². The summed E-state index contributed by atoms with van der Waals surface area (Å²) in [5, 5.41) is 9.02. The summed E-state index contributed by atoms with van der Waals surface area (Å²) >= 11 is 0. The second-order valence-corrected chi connectivity index (χ2v) is 5.10. The van der Waals surface area contributed by atoms with Crippen LogP contribution in [0.25, 0.3) is 0 Å². The number of rotatable bonds is 6. The second kappa shape index (κ2) is 10.6. The number of oxazole rings is 1. The summed E-state index contributed by atoms with van der Waals surface area (Å²) in [7, 11) is 1.68. The van der Waals surface area contributed by atoms with E-state index in [0.29, 0.717) is 37.0 Å². The van der Waals surface area contributed by atoms with Crippen LogP contribution in [0.2, 0.25) is 0 Å². The molecule has 136 valence electrons. The Balaban J connectivity index is 0.00000312. The Kier molecular flexibility index (Phi) is 8.89. The number of hydrogen-bond acceptors (Lipinski definition) is 5. The highest BCUT2D eigenvalue weighted by molar-refractivity contribution is 14.0. The lowest BCUT2D eigenvalue weighted by atomic mass is 10.3. The summed E-state index contributed by atoms with van der Waals surface area (Å²) in [6, 6.07) is 3.45. The third-order valence-electron chi connectivity index (χ3n) is 3.33. The molecule has 1 amide bonds. The van der Waals surface area contributed by atoms with Crippen molar-refractivity contribution in [2.45, 2.75) is 20.4 Å². The molecule has 0 aliphatic rings. The van der Waals surface area contributed by atoms with Gasteiger partial charge in [-0.1, -0.05) is 0 Å². The van der Waals surface area contributed by atoms with Crippen LogP contribution < -0.4 is 16.0 Å². The quantitative estimate of drug-likeness (QED) is 0.262. The minimum absolute atomic E-state index is 0. The Bertz CT molecular complexity index is 682. The molecular weight excluding hydrogens is 435 g/mol. The number of hydrogen-bond donors (Lipinski definition) is 3. The van der Waals surface area contributed by atoms with E-state index in [1.54, 1.807) is 25.4 Å². The van der Waals surface area contributed by atoms with Gasteiger partial charge in [-0.2, -0.15) is 0 Å². The van der Waals surface area contributed by atoms with E-state index in [1.165, 1.54) is 6.20 Å². The zero-order valence-electron chi connectivity index (χ0n) is 14.5. The van der Waals surface area contributed by atoms with Gasteiger partial charge >= 0.3 is 0 Å². The van der Waals surface area contributed by atoms with E-state index in [1.807, 2.05) is 13.8 Å². The van der Waals surface area contributed by atoms with Crippen LogP contribution in [0.15, 0.2) is 33.9 Å². The Hall–Kier alpha value is -2.17. The molecule has 0 unspecified atom stereocenters. The summed E-state index contributed by atoms with van der Waals surface area (Å²) in [5.41, 5.74) is 1.42. The third kappa shape index (κ3) is 6.69. The average Bonchev–Trinajstić information content (AvgIpc) is 2.93. The van der Waals surface area contributed by atoms with Crippen molar-refractivity contribution in [1.29, 1.82) is 0 Å². The smallest absolute Gasteiger partial charge is 0.252 e. The number of carbonyl (C=O) groups excluding carboxylic acids is 1. The fourth-order valence-corrected chi connectivity index (χ4v) is 1.95. The number of carbonyl (C=O) groups is 1. The van der Waals surface area contributed by atoms with Crippen molar-refractivity contribution in [3.05, 3.63) is 47.4 Å². The molecule has 2 heterocycles. The number of nitrogens with one attached hydrogen (secondary N) is 3. The molecule has 0 aromatic carbocycles.